The highest BCUT2D eigenvalue weighted by atomic mass is 16.2. The van der Waals surface area contributed by atoms with Crippen molar-refractivity contribution >= 4 is 22.7 Å². The number of amides is 2. The van der Waals surface area contributed by atoms with E-state index in [1.165, 1.54) is 0 Å². The van der Waals surface area contributed by atoms with Gasteiger partial charge in [-0.15, -0.1) is 0 Å². The van der Waals surface area contributed by atoms with Gasteiger partial charge in [-0.1, -0.05) is 55.0 Å². The van der Waals surface area contributed by atoms with Crippen LogP contribution in [0.2, 0.25) is 0 Å². The fourth-order valence-electron chi connectivity index (χ4n) is 5.07. The zero-order valence-corrected chi connectivity index (χ0v) is 17.7. The Morgan fingerprint density at radius 3 is 2.70 bits per heavy atom. The van der Waals surface area contributed by atoms with Crippen LogP contribution in [-0.4, -0.2) is 45.2 Å². The second-order valence-electron chi connectivity index (χ2n) is 8.62. The molecule has 0 aliphatic carbocycles. The van der Waals surface area contributed by atoms with Gasteiger partial charge in [-0.2, -0.15) is 0 Å². The lowest BCUT2D eigenvalue weighted by Gasteiger charge is -2.48. The summed E-state index contributed by atoms with van der Waals surface area (Å²) in [4.78, 5) is 34.1. The quantitative estimate of drug-likeness (QED) is 0.722. The van der Waals surface area contributed by atoms with Gasteiger partial charge < -0.3 is 14.8 Å². The SMILES string of the molecule is CC[C@@H](C)N1CC(=O)N2[C@H](c3cccc(C)c3)c3[nH]c4ccccc4c3C[C@H]2C1=O. The third-order valence-corrected chi connectivity index (χ3v) is 6.77. The molecule has 0 spiro atoms. The first kappa shape index (κ1) is 18.9. The van der Waals surface area contributed by atoms with Crippen molar-refractivity contribution in [1.29, 1.82) is 0 Å². The van der Waals surface area contributed by atoms with Gasteiger partial charge in [0.1, 0.15) is 12.6 Å². The Morgan fingerprint density at radius 2 is 1.93 bits per heavy atom. The van der Waals surface area contributed by atoms with Crippen LogP contribution in [0.3, 0.4) is 0 Å². The lowest BCUT2D eigenvalue weighted by Crippen LogP contribution is -2.64. The number of rotatable bonds is 3. The van der Waals surface area contributed by atoms with Crippen LogP contribution in [0.4, 0.5) is 0 Å². The monoisotopic (exact) mass is 401 g/mol. The molecule has 1 N–H and O–H groups in total. The van der Waals surface area contributed by atoms with E-state index in [2.05, 4.69) is 49.2 Å². The number of aromatic nitrogens is 1. The van der Waals surface area contributed by atoms with Gasteiger partial charge in [0.2, 0.25) is 11.8 Å². The summed E-state index contributed by atoms with van der Waals surface area (Å²) in [5.41, 5.74) is 5.44. The molecule has 0 radical (unpaired) electrons. The molecule has 0 unspecified atom stereocenters. The van der Waals surface area contributed by atoms with Crippen LogP contribution in [0.25, 0.3) is 10.9 Å². The van der Waals surface area contributed by atoms with E-state index in [9.17, 15) is 9.59 Å². The molecule has 1 saturated heterocycles. The second-order valence-corrected chi connectivity index (χ2v) is 8.62. The highest BCUT2D eigenvalue weighted by molar-refractivity contribution is 5.97. The molecule has 1 aromatic heterocycles. The van der Waals surface area contributed by atoms with Crippen LogP contribution in [0, 0.1) is 6.92 Å². The molecule has 2 aliphatic heterocycles. The van der Waals surface area contributed by atoms with E-state index in [-0.39, 0.29) is 30.4 Å². The number of carbonyl (C=O) groups excluding carboxylic acids is 2. The first-order valence-electron chi connectivity index (χ1n) is 10.8. The maximum absolute atomic E-state index is 13.5. The Morgan fingerprint density at radius 1 is 1.13 bits per heavy atom. The summed E-state index contributed by atoms with van der Waals surface area (Å²) in [6.07, 6.45) is 1.39. The number of nitrogens with zero attached hydrogens (tertiary/aromatic N) is 2. The van der Waals surface area contributed by atoms with Crippen molar-refractivity contribution in [3.8, 4) is 0 Å². The smallest absolute Gasteiger partial charge is 0.246 e. The van der Waals surface area contributed by atoms with E-state index >= 15 is 0 Å². The van der Waals surface area contributed by atoms with Crippen molar-refractivity contribution in [3.05, 3.63) is 70.9 Å². The first-order chi connectivity index (χ1) is 14.5. The summed E-state index contributed by atoms with van der Waals surface area (Å²) in [6.45, 7) is 6.30. The zero-order chi connectivity index (χ0) is 21.0. The number of hydrogen-bond acceptors (Lipinski definition) is 2. The van der Waals surface area contributed by atoms with E-state index < -0.39 is 6.04 Å². The molecule has 2 aliphatic rings. The van der Waals surface area contributed by atoms with E-state index in [0.717, 1.165) is 39.7 Å². The van der Waals surface area contributed by atoms with Gasteiger partial charge in [-0.3, -0.25) is 9.59 Å². The number of hydrogen-bond donors (Lipinski definition) is 1. The van der Waals surface area contributed by atoms with Crippen LogP contribution < -0.4 is 0 Å². The molecule has 0 bridgehead atoms. The Balaban J connectivity index is 1.71. The van der Waals surface area contributed by atoms with Crippen molar-refractivity contribution in [3.63, 3.8) is 0 Å². The summed E-state index contributed by atoms with van der Waals surface area (Å²) in [7, 11) is 0. The van der Waals surface area contributed by atoms with Crippen molar-refractivity contribution < 1.29 is 9.59 Å². The predicted molar refractivity (Wildman–Crippen MR) is 117 cm³/mol. The molecule has 5 nitrogen and oxygen atoms in total. The second kappa shape index (κ2) is 7.01. The molecule has 5 heteroatoms. The summed E-state index contributed by atoms with van der Waals surface area (Å²) >= 11 is 0. The molecule has 3 heterocycles. The molecule has 30 heavy (non-hydrogen) atoms. The summed E-state index contributed by atoms with van der Waals surface area (Å²) in [6, 6.07) is 15.8. The molecule has 0 saturated carbocycles. The Hall–Kier alpha value is -3.08. The third-order valence-electron chi connectivity index (χ3n) is 6.77. The lowest BCUT2D eigenvalue weighted by atomic mass is 9.85. The number of piperazine rings is 1. The maximum Gasteiger partial charge on any atom is 0.246 e. The average Bonchev–Trinajstić information content (AvgIpc) is 3.12. The van der Waals surface area contributed by atoms with Gasteiger partial charge in [-0.25, -0.2) is 0 Å². The van der Waals surface area contributed by atoms with E-state index in [4.69, 9.17) is 0 Å². The highest BCUT2D eigenvalue weighted by Gasteiger charge is 2.48. The fourth-order valence-corrected chi connectivity index (χ4v) is 5.07. The lowest BCUT2D eigenvalue weighted by molar-refractivity contribution is -0.160. The Bertz CT molecular complexity index is 1150. The van der Waals surface area contributed by atoms with Crippen molar-refractivity contribution in [2.75, 3.05) is 6.54 Å². The van der Waals surface area contributed by atoms with Crippen LogP contribution >= 0.6 is 0 Å². The van der Waals surface area contributed by atoms with Gasteiger partial charge >= 0.3 is 0 Å². The summed E-state index contributed by atoms with van der Waals surface area (Å²) < 4.78 is 0. The Labute approximate surface area is 176 Å². The van der Waals surface area contributed by atoms with Crippen molar-refractivity contribution in [2.24, 2.45) is 0 Å². The minimum atomic E-state index is -0.461. The summed E-state index contributed by atoms with van der Waals surface area (Å²) in [5.74, 6) is 0.0910. The predicted octanol–water partition coefficient (Wildman–Crippen LogP) is 3.96. The van der Waals surface area contributed by atoms with E-state index in [1.807, 2.05) is 30.0 Å². The van der Waals surface area contributed by atoms with E-state index in [0.29, 0.717) is 6.42 Å². The number of aromatic amines is 1. The molecule has 3 atom stereocenters. The molecule has 2 aromatic carbocycles. The normalized spacial score (nSPS) is 22.2. The van der Waals surface area contributed by atoms with Crippen LogP contribution in [-0.2, 0) is 16.0 Å². The maximum atomic E-state index is 13.5. The standard InChI is InChI=1S/C25H27N3O2/c1-4-16(3)27-14-22(29)28-21(25(27)30)13-19-18-10-5-6-11-20(18)26-23(19)24(28)17-9-7-8-15(2)12-17/h5-12,16,21,24,26H,4,13-14H2,1-3H3/t16-,21+,24-/m1/s1. The van der Waals surface area contributed by atoms with Crippen molar-refractivity contribution in [1.82, 2.24) is 14.8 Å². The Kier molecular flexibility index (Phi) is 4.42. The highest BCUT2D eigenvalue weighted by Crippen LogP contribution is 2.42. The zero-order valence-electron chi connectivity index (χ0n) is 17.7. The van der Waals surface area contributed by atoms with Crippen molar-refractivity contribution in [2.45, 2.75) is 51.7 Å². The topological polar surface area (TPSA) is 56.4 Å². The number of para-hydroxylation sites is 1. The first-order valence-corrected chi connectivity index (χ1v) is 10.8. The molecule has 5 rings (SSSR count). The molecule has 3 aromatic rings. The molecular formula is C25H27N3O2. The number of fused-ring (bicyclic) bond motifs is 4. The van der Waals surface area contributed by atoms with Gasteiger partial charge in [0.05, 0.1) is 6.04 Å². The number of H-pyrrole nitrogens is 1. The minimum Gasteiger partial charge on any atom is -0.356 e. The van der Waals surface area contributed by atoms with Crippen LogP contribution in [0.5, 0.6) is 0 Å². The van der Waals surface area contributed by atoms with Crippen LogP contribution in [0.1, 0.15) is 48.7 Å². The molecule has 154 valence electrons. The average molecular weight is 402 g/mol. The van der Waals surface area contributed by atoms with Gasteiger partial charge in [0.15, 0.2) is 0 Å². The largest absolute Gasteiger partial charge is 0.356 e. The number of nitrogens with one attached hydrogen (secondary N) is 1. The molecule has 2 amide bonds. The molecule has 1 fully saturated rings. The number of aryl methyl sites for hydroxylation is 1. The molecular weight excluding hydrogens is 374 g/mol. The minimum absolute atomic E-state index is 0.0238. The van der Waals surface area contributed by atoms with Gasteiger partial charge in [0, 0.05) is 29.1 Å². The van der Waals surface area contributed by atoms with Gasteiger partial charge in [-0.05, 0) is 37.5 Å². The summed E-state index contributed by atoms with van der Waals surface area (Å²) in [5, 5.41) is 1.14. The van der Waals surface area contributed by atoms with E-state index in [1.54, 1.807) is 4.90 Å². The number of benzene rings is 2. The van der Waals surface area contributed by atoms with Crippen LogP contribution in [0.15, 0.2) is 48.5 Å². The number of carbonyl (C=O) groups is 2. The third kappa shape index (κ3) is 2.76. The fraction of sp³-hybridized carbons (Fsp3) is 0.360. The van der Waals surface area contributed by atoms with Gasteiger partial charge in [0.25, 0.3) is 0 Å².